The molecule has 1 aromatic rings. The maximum Gasteiger partial charge on any atom is 0.347 e. The predicted molar refractivity (Wildman–Crippen MR) is 117 cm³/mol. The average Bonchev–Trinajstić information content (AvgIpc) is 2.66. The van der Waals surface area contributed by atoms with Gasteiger partial charge >= 0.3 is 6.03 Å². The number of nitrogens with two attached hydrogens (primary N) is 1. The third-order valence-electron chi connectivity index (χ3n) is 6.21. The van der Waals surface area contributed by atoms with E-state index < -0.39 is 0 Å². The van der Waals surface area contributed by atoms with Crippen molar-refractivity contribution in [2.75, 3.05) is 25.0 Å². The number of carbonyl (C=O) groups excluding carboxylic acids is 1. The number of benzene rings is 1. The summed E-state index contributed by atoms with van der Waals surface area (Å²) >= 11 is 0. The first-order valence-corrected chi connectivity index (χ1v) is 11.0. The van der Waals surface area contributed by atoms with E-state index in [1.54, 1.807) is 0 Å². The Kier molecular flexibility index (Phi) is 7.49. The van der Waals surface area contributed by atoms with Gasteiger partial charge in [0.2, 0.25) is 0 Å². The van der Waals surface area contributed by atoms with Gasteiger partial charge in [-0.25, -0.2) is 4.79 Å². The highest BCUT2D eigenvalue weighted by atomic mass is 16.2. The zero-order chi connectivity index (χ0) is 19.9. The number of nitrogens with zero attached hydrogens (tertiary/aromatic N) is 2. The zero-order valence-electron chi connectivity index (χ0n) is 17.5. The highest BCUT2D eigenvalue weighted by Crippen LogP contribution is 2.27. The first kappa shape index (κ1) is 20.8. The van der Waals surface area contributed by atoms with E-state index in [4.69, 9.17) is 5.73 Å². The third-order valence-corrected chi connectivity index (χ3v) is 6.21. The van der Waals surface area contributed by atoms with Gasteiger partial charge in [-0.3, -0.25) is 0 Å². The van der Waals surface area contributed by atoms with Crippen LogP contribution in [-0.2, 0) is 0 Å². The van der Waals surface area contributed by atoms with Crippen LogP contribution in [0.4, 0.5) is 10.5 Å². The van der Waals surface area contributed by atoms with Crippen molar-refractivity contribution in [1.82, 2.24) is 4.90 Å². The molecule has 1 saturated carbocycles. The molecular weight excluding hydrogens is 348 g/mol. The molecule has 2 amide bonds. The summed E-state index contributed by atoms with van der Waals surface area (Å²) in [7, 11) is 0. The van der Waals surface area contributed by atoms with Gasteiger partial charge in [-0.05, 0) is 75.4 Å². The number of amides is 2. The molecule has 1 heterocycles. The number of rotatable bonds is 5. The molecule has 0 bridgehead atoms. The molecule has 2 aliphatic rings. The minimum atomic E-state index is -0.373. The summed E-state index contributed by atoms with van der Waals surface area (Å²) in [6.45, 7) is 7.27. The minimum Gasteiger partial charge on any atom is -0.387 e. The molecule has 0 spiro atoms. The summed E-state index contributed by atoms with van der Waals surface area (Å²) in [6, 6.07) is 5.60. The fraction of sp³-hybridized carbons (Fsp3) is 0.652. The minimum absolute atomic E-state index is 0.185. The van der Waals surface area contributed by atoms with Crippen LogP contribution in [0, 0.1) is 25.7 Å². The van der Waals surface area contributed by atoms with Crippen LogP contribution in [0.15, 0.2) is 23.2 Å². The normalized spacial score (nSPS) is 22.2. The van der Waals surface area contributed by atoms with Crippen molar-refractivity contribution in [3.63, 3.8) is 0 Å². The molecule has 3 rings (SSSR count). The van der Waals surface area contributed by atoms with Gasteiger partial charge in [0.05, 0.1) is 0 Å². The topological polar surface area (TPSA) is 70.7 Å². The number of carbonyl (C=O) groups is 1. The SMILES string of the molecule is Cc1cc(C)cc(NC(=O)/N=C(\N)C2CCCN(CCC3CCCCC3)C2)c1. The highest BCUT2D eigenvalue weighted by Gasteiger charge is 2.24. The number of nitrogens with one attached hydrogen (secondary N) is 1. The summed E-state index contributed by atoms with van der Waals surface area (Å²) in [5, 5.41) is 2.85. The number of hydrogen-bond donors (Lipinski definition) is 2. The van der Waals surface area contributed by atoms with E-state index in [-0.39, 0.29) is 11.9 Å². The number of piperidine rings is 1. The van der Waals surface area contributed by atoms with Crippen molar-refractivity contribution in [1.29, 1.82) is 0 Å². The van der Waals surface area contributed by atoms with Crippen LogP contribution in [0.2, 0.25) is 0 Å². The van der Waals surface area contributed by atoms with Crippen LogP contribution in [-0.4, -0.2) is 36.4 Å². The Balaban J connectivity index is 1.50. The fourth-order valence-electron chi connectivity index (χ4n) is 4.75. The van der Waals surface area contributed by atoms with Gasteiger partial charge in [-0.2, -0.15) is 4.99 Å². The lowest BCUT2D eigenvalue weighted by Gasteiger charge is -2.33. The molecule has 3 N–H and O–H groups in total. The van der Waals surface area contributed by atoms with Crippen LogP contribution in [0.1, 0.15) is 62.5 Å². The van der Waals surface area contributed by atoms with Crippen molar-refractivity contribution in [2.24, 2.45) is 22.6 Å². The van der Waals surface area contributed by atoms with E-state index in [1.165, 1.54) is 38.5 Å². The molecule has 28 heavy (non-hydrogen) atoms. The second kappa shape index (κ2) is 10.1. The van der Waals surface area contributed by atoms with Gasteiger partial charge in [0.15, 0.2) is 0 Å². The van der Waals surface area contributed by atoms with Crippen molar-refractivity contribution < 1.29 is 4.79 Å². The lowest BCUT2D eigenvalue weighted by atomic mass is 9.86. The Morgan fingerprint density at radius 2 is 1.82 bits per heavy atom. The number of hydrogen-bond acceptors (Lipinski definition) is 2. The van der Waals surface area contributed by atoms with Crippen molar-refractivity contribution in [3.8, 4) is 0 Å². The second-order valence-corrected chi connectivity index (χ2v) is 8.78. The Hall–Kier alpha value is -1.88. The molecule has 1 unspecified atom stereocenters. The van der Waals surface area contributed by atoms with Gasteiger partial charge < -0.3 is 16.0 Å². The maximum absolute atomic E-state index is 12.3. The van der Waals surface area contributed by atoms with E-state index in [0.717, 1.165) is 55.2 Å². The number of anilines is 1. The van der Waals surface area contributed by atoms with Gasteiger partial charge in [0.25, 0.3) is 0 Å². The highest BCUT2D eigenvalue weighted by molar-refractivity contribution is 6.00. The van der Waals surface area contributed by atoms with Crippen LogP contribution in [0.3, 0.4) is 0 Å². The van der Waals surface area contributed by atoms with Crippen LogP contribution >= 0.6 is 0 Å². The lowest BCUT2D eigenvalue weighted by Crippen LogP contribution is -2.42. The average molecular weight is 385 g/mol. The summed E-state index contributed by atoms with van der Waals surface area (Å²) in [5.74, 6) is 1.57. The Labute approximate surface area is 169 Å². The molecule has 1 aliphatic heterocycles. The maximum atomic E-state index is 12.3. The van der Waals surface area contributed by atoms with Crippen LogP contribution in [0.25, 0.3) is 0 Å². The van der Waals surface area contributed by atoms with E-state index in [2.05, 4.69) is 21.3 Å². The first-order valence-electron chi connectivity index (χ1n) is 11.0. The van der Waals surface area contributed by atoms with E-state index in [1.807, 2.05) is 26.0 Å². The Bertz CT molecular complexity index is 674. The summed E-state index contributed by atoms with van der Waals surface area (Å²) in [4.78, 5) is 19.0. The van der Waals surface area contributed by atoms with Crippen LogP contribution in [0.5, 0.6) is 0 Å². The number of urea groups is 1. The smallest absolute Gasteiger partial charge is 0.347 e. The van der Waals surface area contributed by atoms with Crippen molar-refractivity contribution >= 4 is 17.6 Å². The first-order chi connectivity index (χ1) is 13.5. The molecule has 1 aromatic carbocycles. The lowest BCUT2D eigenvalue weighted by molar-refractivity contribution is 0.182. The van der Waals surface area contributed by atoms with E-state index in [0.29, 0.717) is 5.84 Å². The number of amidine groups is 1. The molecule has 1 saturated heterocycles. The third kappa shape index (κ3) is 6.33. The van der Waals surface area contributed by atoms with Crippen molar-refractivity contribution in [3.05, 3.63) is 29.3 Å². The van der Waals surface area contributed by atoms with Gasteiger partial charge in [0.1, 0.15) is 5.84 Å². The van der Waals surface area contributed by atoms with Gasteiger partial charge in [0, 0.05) is 18.2 Å². The van der Waals surface area contributed by atoms with Gasteiger partial charge in [-0.1, -0.05) is 38.2 Å². The molecule has 0 radical (unpaired) electrons. The molecule has 1 aliphatic carbocycles. The molecule has 0 aromatic heterocycles. The number of aliphatic imine (C=N–C) groups is 1. The zero-order valence-corrected chi connectivity index (χ0v) is 17.5. The number of aryl methyl sites for hydroxylation is 2. The molecule has 1 atom stereocenters. The molecule has 5 heteroatoms. The fourth-order valence-corrected chi connectivity index (χ4v) is 4.75. The van der Waals surface area contributed by atoms with Gasteiger partial charge in [-0.15, -0.1) is 0 Å². The molecule has 154 valence electrons. The Morgan fingerprint density at radius 3 is 2.54 bits per heavy atom. The molecular formula is C23H36N4O. The predicted octanol–water partition coefficient (Wildman–Crippen LogP) is 4.87. The Morgan fingerprint density at radius 1 is 1.11 bits per heavy atom. The standard InChI is InChI=1S/C23H36N4O/c1-17-13-18(2)15-21(14-17)25-23(28)26-22(24)20-9-6-11-27(16-20)12-10-19-7-4-3-5-8-19/h13-15,19-20H,3-12,16H2,1-2H3,(H3,24,25,26,28). The van der Waals surface area contributed by atoms with Crippen LogP contribution < -0.4 is 11.1 Å². The summed E-state index contributed by atoms with van der Waals surface area (Å²) in [6.07, 6.45) is 10.5. The second-order valence-electron chi connectivity index (χ2n) is 8.78. The van der Waals surface area contributed by atoms with Crippen molar-refractivity contribution in [2.45, 2.75) is 65.2 Å². The summed E-state index contributed by atoms with van der Waals surface area (Å²) < 4.78 is 0. The molecule has 2 fully saturated rings. The number of likely N-dealkylation sites (tertiary alicyclic amines) is 1. The summed E-state index contributed by atoms with van der Waals surface area (Å²) in [5.41, 5.74) is 9.24. The monoisotopic (exact) mass is 384 g/mol. The molecule has 5 nitrogen and oxygen atoms in total. The largest absolute Gasteiger partial charge is 0.387 e. The quantitative estimate of drug-likeness (QED) is 0.562. The van der Waals surface area contributed by atoms with E-state index >= 15 is 0 Å². The van der Waals surface area contributed by atoms with E-state index in [9.17, 15) is 4.79 Å².